The number of aliphatic hydroxyl groups is 1. The van der Waals surface area contributed by atoms with Crippen molar-refractivity contribution < 1.29 is 26.7 Å². The van der Waals surface area contributed by atoms with Crippen molar-refractivity contribution in [2.24, 2.45) is 0 Å². The Labute approximate surface area is 122 Å². The summed E-state index contributed by atoms with van der Waals surface area (Å²) in [4.78, 5) is -0.343. The molecule has 0 aliphatic heterocycles. The fourth-order valence-corrected chi connectivity index (χ4v) is 3.93. The lowest BCUT2D eigenvalue weighted by Crippen LogP contribution is -2.40. The fourth-order valence-electron chi connectivity index (χ4n) is 1.46. The van der Waals surface area contributed by atoms with Crippen LogP contribution in [0.1, 0.15) is 0 Å². The Hall–Kier alpha value is -0.840. The van der Waals surface area contributed by atoms with Gasteiger partial charge in [0.05, 0.1) is 11.5 Å². The molecule has 0 aromatic heterocycles. The van der Waals surface area contributed by atoms with E-state index in [1.54, 1.807) is 0 Å². The Morgan fingerprint density at radius 2 is 1.95 bits per heavy atom. The van der Waals surface area contributed by atoms with Crippen LogP contribution in [0.5, 0.6) is 0 Å². The van der Waals surface area contributed by atoms with Gasteiger partial charge in [0.1, 0.15) is 6.54 Å². The van der Waals surface area contributed by atoms with E-state index in [4.69, 9.17) is 10.8 Å². The molecule has 0 bridgehead atoms. The van der Waals surface area contributed by atoms with Crippen molar-refractivity contribution in [2.45, 2.75) is 11.1 Å². The van der Waals surface area contributed by atoms with Crippen molar-refractivity contribution in [3.63, 3.8) is 0 Å². The molecule has 10 heteroatoms. The van der Waals surface area contributed by atoms with Crippen LogP contribution >= 0.6 is 15.9 Å². The monoisotopic (exact) mass is 376 g/mol. The lowest BCUT2D eigenvalue weighted by atomic mass is 10.3. The minimum absolute atomic E-state index is 0.0580. The molecule has 0 fully saturated rings. The van der Waals surface area contributed by atoms with Gasteiger partial charge in [0.25, 0.3) is 0 Å². The van der Waals surface area contributed by atoms with Crippen molar-refractivity contribution in [2.75, 3.05) is 25.4 Å². The summed E-state index contributed by atoms with van der Waals surface area (Å²) < 4.78 is 61.8. The quantitative estimate of drug-likeness (QED) is 0.764. The average Bonchev–Trinajstić information content (AvgIpc) is 2.26. The predicted octanol–water partition coefficient (Wildman–Crippen LogP) is 1.58. The summed E-state index contributed by atoms with van der Waals surface area (Å²) in [6.45, 7) is -3.05. The van der Waals surface area contributed by atoms with E-state index in [1.807, 2.05) is 0 Å². The molecular formula is C10H12BrF3N2O3S. The maximum atomic E-state index is 12.4. The molecule has 1 aromatic carbocycles. The first-order valence-corrected chi connectivity index (χ1v) is 7.54. The van der Waals surface area contributed by atoms with Crippen molar-refractivity contribution in [1.82, 2.24) is 4.31 Å². The van der Waals surface area contributed by atoms with Gasteiger partial charge in [-0.2, -0.15) is 17.5 Å². The molecule has 0 saturated heterocycles. The number of anilines is 1. The molecule has 0 aliphatic rings. The zero-order valence-corrected chi connectivity index (χ0v) is 12.5. The first kappa shape index (κ1) is 17.2. The molecule has 1 aromatic rings. The third-order valence-electron chi connectivity index (χ3n) is 2.28. The van der Waals surface area contributed by atoms with Gasteiger partial charge in [-0.1, -0.05) is 0 Å². The van der Waals surface area contributed by atoms with Gasteiger partial charge in [0, 0.05) is 16.7 Å². The summed E-state index contributed by atoms with van der Waals surface area (Å²) in [5.74, 6) is 0. The number of benzene rings is 1. The van der Waals surface area contributed by atoms with Gasteiger partial charge in [-0.3, -0.25) is 0 Å². The van der Waals surface area contributed by atoms with E-state index in [1.165, 1.54) is 12.1 Å². The maximum absolute atomic E-state index is 12.4. The van der Waals surface area contributed by atoms with Gasteiger partial charge in [-0.05, 0) is 34.1 Å². The van der Waals surface area contributed by atoms with E-state index in [-0.39, 0.29) is 19.4 Å². The molecule has 0 amide bonds. The fraction of sp³-hybridized carbons (Fsp3) is 0.400. The summed E-state index contributed by atoms with van der Waals surface area (Å²) in [5.41, 5.74) is 5.71. The highest BCUT2D eigenvalue weighted by molar-refractivity contribution is 9.10. The van der Waals surface area contributed by atoms with Crippen LogP contribution in [-0.4, -0.2) is 43.7 Å². The molecule has 0 radical (unpaired) electrons. The van der Waals surface area contributed by atoms with Crippen molar-refractivity contribution in [3.8, 4) is 0 Å². The van der Waals surface area contributed by atoms with Gasteiger partial charge in [0.2, 0.25) is 10.0 Å². The molecule has 0 spiro atoms. The second kappa shape index (κ2) is 6.29. The summed E-state index contributed by atoms with van der Waals surface area (Å²) in [5, 5.41) is 8.75. The summed E-state index contributed by atoms with van der Waals surface area (Å²) in [6, 6.07) is 3.65. The van der Waals surface area contributed by atoms with Crippen LogP contribution in [0.4, 0.5) is 18.9 Å². The number of rotatable bonds is 5. The smallest absolute Gasteiger partial charge is 0.399 e. The molecule has 0 aliphatic carbocycles. The highest BCUT2D eigenvalue weighted by atomic mass is 79.9. The van der Waals surface area contributed by atoms with Crippen LogP contribution in [0.25, 0.3) is 0 Å². The molecule has 114 valence electrons. The van der Waals surface area contributed by atoms with Gasteiger partial charge in [-0.25, -0.2) is 8.42 Å². The zero-order valence-electron chi connectivity index (χ0n) is 10.1. The first-order valence-electron chi connectivity index (χ1n) is 5.30. The lowest BCUT2D eigenvalue weighted by Gasteiger charge is -2.23. The maximum Gasteiger partial charge on any atom is 0.402 e. The molecule has 5 nitrogen and oxygen atoms in total. The predicted molar refractivity (Wildman–Crippen MR) is 70.5 cm³/mol. The molecule has 1 rings (SSSR count). The average molecular weight is 377 g/mol. The highest BCUT2D eigenvalue weighted by Gasteiger charge is 2.37. The van der Waals surface area contributed by atoms with Crippen molar-refractivity contribution >= 4 is 31.6 Å². The van der Waals surface area contributed by atoms with E-state index in [2.05, 4.69) is 15.9 Å². The molecule has 0 unspecified atom stereocenters. The topological polar surface area (TPSA) is 83.6 Å². The Morgan fingerprint density at radius 1 is 1.35 bits per heavy atom. The van der Waals surface area contributed by atoms with Crippen molar-refractivity contribution in [3.05, 3.63) is 22.7 Å². The van der Waals surface area contributed by atoms with Crippen LogP contribution in [0.2, 0.25) is 0 Å². The number of aliphatic hydroxyl groups excluding tert-OH is 1. The number of halogens is 4. The Morgan fingerprint density at radius 3 is 2.40 bits per heavy atom. The van der Waals surface area contributed by atoms with E-state index in [0.717, 1.165) is 6.07 Å². The second-order valence-corrected chi connectivity index (χ2v) is 6.63. The molecule has 0 saturated carbocycles. The normalized spacial score (nSPS) is 12.9. The van der Waals surface area contributed by atoms with E-state index in [0.29, 0.717) is 0 Å². The van der Waals surface area contributed by atoms with Gasteiger partial charge in [0.15, 0.2) is 0 Å². The van der Waals surface area contributed by atoms with Crippen LogP contribution in [0, 0.1) is 0 Å². The number of nitrogen functional groups attached to an aromatic ring is 1. The third kappa shape index (κ3) is 4.33. The molecule has 20 heavy (non-hydrogen) atoms. The minimum atomic E-state index is -4.71. The summed E-state index contributed by atoms with van der Waals surface area (Å²) >= 11 is 2.95. The number of sulfonamides is 1. The van der Waals surface area contributed by atoms with Gasteiger partial charge < -0.3 is 10.8 Å². The molecule has 0 heterocycles. The lowest BCUT2D eigenvalue weighted by molar-refractivity contribution is -0.136. The van der Waals surface area contributed by atoms with E-state index >= 15 is 0 Å². The Bertz CT molecular complexity index is 578. The SMILES string of the molecule is Nc1ccc(S(=O)(=O)N(CCO)CC(F)(F)F)c(Br)c1. The molecule has 3 N–H and O–H groups in total. The standard InChI is InChI=1S/C10H12BrF3N2O3S/c11-8-5-7(15)1-2-9(8)20(18,19)16(3-4-17)6-10(12,13)14/h1-2,5,17H,3-4,6,15H2. The van der Waals surface area contributed by atoms with Crippen LogP contribution in [0.15, 0.2) is 27.6 Å². The number of hydrogen-bond acceptors (Lipinski definition) is 4. The van der Waals surface area contributed by atoms with Crippen LogP contribution < -0.4 is 5.73 Å². The number of nitrogens with two attached hydrogens (primary N) is 1. The van der Waals surface area contributed by atoms with Gasteiger partial charge >= 0.3 is 6.18 Å². The number of nitrogens with zero attached hydrogens (tertiary/aromatic N) is 1. The molecular weight excluding hydrogens is 365 g/mol. The number of hydrogen-bond donors (Lipinski definition) is 2. The Kier molecular flexibility index (Phi) is 5.41. The van der Waals surface area contributed by atoms with Crippen LogP contribution in [-0.2, 0) is 10.0 Å². The second-order valence-electron chi connectivity index (χ2n) is 3.87. The summed E-state index contributed by atoms with van der Waals surface area (Å²) in [6.07, 6.45) is -4.71. The number of alkyl halides is 3. The first-order chi connectivity index (χ1) is 9.08. The van der Waals surface area contributed by atoms with E-state index in [9.17, 15) is 21.6 Å². The van der Waals surface area contributed by atoms with Crippen LogP contribution in [0.3, 0.4) is 0 Å². The zero-order chi connectivity index (χ0) is 15.6. The van der Waals surface area contributed by atoms with E-state index < -0.39 is 35.9 Å². The minimum Gasteiger partial charge on any atom is -0.399 e. The highest BCUT2D eigenvalue weighted by Crippen LogP contribution is 2.28. The van der Waals surface area contributed by atoms with Gasteiger partial charge in [-0.15, -0.1) is 0 Å². The third-order valence-corrected chi connectivity index (χ3v) is 5.10. The Balaban J connectivity index is 3.22. The molecule has 0 atom stereocenters. The van der Waals surface area contributed by atoms with Crippen molar-refractivity contribution in [1.29, 1.82) is 0 Å². The largest absolute Gasteiger partial charge is 0.402 e. The summed E-state index contributed by atoms with van der Waals surface area (Å²) in [7, 11) is -4.39.